The quantitative estimate of drug-likeness (QED) is 0.578. The molecule has 158 valence electrons. The van der Waals surface area contributed by atoms with Gasteiger partial charge in [-0.05, 0) is 41.2 Å². The molecule has 5 heteroatoms. The Morgan fingerprint density at radius 2 is 1.45 bits per heavy atom. The summed E-state index contributed by atoms with van der Waals surface area (Å²) < 4.78 is 5.55. The molecule has 0 fully saturated rings. The van der Waals surface area contributed by atoms with E-state index < -0.39 is 24.0 Å². The Bertz CT molecular complexity index is 1030. The summed E-state index contributed by atoms with van der Waals surface area (Å²) >= 11 is 0. The Kier molecular flexibility index (Phi) is 6.03. The Morgan fingerprint density at radius 3 is 2.03 bits per heavy atom. The third kappa shape index (κ3) is 4.45. The van der Waals surface area contributed by atoms with Gasteiger partial charge in [0.05, 0.1) is 5.92 Å². The van der Waals surface area contributed by atoms with Gasteiger partial charge in [0.1, 0.15) is 6.61 Å². The average Bonchev–Trinajstić information content (AvgIpc) is 3.10. The monoisotopic (exact) mass is 415 g/mol. The number of rotatable bonds is 7. The lowest BCUT2D eigenvalue weighted by atomic mass is 9.93. The van der Waals surface area contributed by atoms with Gasteiger partial charge in [0.15, 0.2) is 0 Å². The molecule has 3 aromatic carbocycles. The molecule has 0 spiro atoms. The third-order valence-electron chi connectivity index (χ3n) is 5.91. The number of fused-ring (bicyclic) bond motifs is 3. The van der Waals surface area contributed by atoms with Crippen molar-refractivity contribution in [1.82, 2.24) is 5.32 Å². The average molecular weight is 415 g/mol. The van der Waals surface area contributed by atoms with Crippen molar-refractivity contribution < 1.29 is 19.4 Å². The van der Waals surface area contributed by atoms with Crippen LogP contribution in [0.25, 0.3) is 11.1 Å². The van der Waals surface area contributed by atoms with Crippen molar-refractivity contribution in [2.75, 3.05) is 6.61 Å². The van der Waals surface area contributed by atoms with Crippen LogP contribution >= 0.6 is 0 Å². The van der Waals surface area contributed by atoms with Crippen molar-refractivity contribution in [3.8, 4) is 11.1 Å². The molecule has 2 atom stereocenters. The number of nitrogens with one attached hydrogen (secondary N) is 1. The lowest BCUT2D eigenvalue weighted by Crippen LogP contribution is -2.42. The van der Waals surface area contributed by atoms with Crippen molar-refractivity contribution in [3.05, 3.63) is 95.6 Å². The van der Waals surface area contributed by atoms with E-state index in [2.05, 4.69) is 29.6 Å². The smallest absolute Gasteiger partial charge is 0.407 e. The fraction of sp³-hybridized carbons (Fsp3) is 0.231. The van der Waals surface area contributed by atoms with Gasteiger partial charge in [-0.1, -0.05) is 78.9 Å². The first-order chi connectivity index (χ1) is 15.0. The summed E-state index contributed by atoms with van der Waals surface area (Å²) in [7, 11) is 0. The van der Waals surface area contributed by atoms with Crippen LogP contribution in [0.1, 0.15) is 29.5 Å². The van der Waals surface area contributed by atoms with E-state index >= 15 is 0 Å². The number of alkyl carbamates (subject to hydrolysis) is 1. The Morgan fingerprint density at radius 1 is 0.903 bits per heavy atom. The van der Waals surface area contributed by atoms with Crippen LogP contribution in [-0.4, -0.2) is 29.8 Å². The highest BCUT2D eigenvalue weighted by atomic mass is 16.5. The van der Waals surface area contributed by atoms with E-state index in [-0.39, 0.29) is 12.5 Å². The molecule has 0 saturated carbocycles. The van der Waals surface area contributed by atoms with E-state index in [1.54, 1.807) is 6.92 Å². The number of hydrogen-bond donors (Lipinski definition) is 2. The summed E-state index contributed by atoms with van der Waals surface area (Å²) in [5.41, 5.74) is 5.51. The summed E-state index contributed by atoms with van der Waals surface area (Å²) in [5.74, 6) is -1.73. The first-order valence-electron chi connectivity index (χ1n) is 10.4. The predicted octanol–water partition coefficient (Wildman–Crippen LogP) is 4.86. The van der Waals surface area contributed by atoms with Gasteiger partial charge >= 0.3 is 12.1 Å². The van der Waals surface area contributed by atoms with Crippen molar-refractivity contribution in [2.24, 2.45) is 5.92 Å². The molecule has 0 bridgehead atoms. The standard InChI is InChI=1S/C26H25NO4/c1-17(23(25(28)29)15-18-9-3-2-4-10-18)27-26(30)31-16-24-21-13-7-5-11-19(21)20-12-6-8-14-22(20)24/h2-14,17,23-24H,15-16H2,1H3,(H,27,30)(H,28,29)/t17-,23+/m1/s1. The van der Waals surface area contributed by atoms with Crippen LogP contribution in [0.5, 0.6) is 0 Å². The van der Waals surface area contributed by atoms with Crippen molar-refractivity contribution in [1.29, 1.82) is 0 Å². The Labute approximate surface area is 181 Å². The van der Waals surface area contributed by atoms with E-state index in [4.69, 9.17) is 4.74 Å². The highest BCUT2D eigenvalue weighted by Gasteiger charge is 2.30. The number of aliphatic carboxylic acids is 1. The normalized spacial score (nSPS) is 14.2. The maximum absolute atomic E-state index is 12.5. The Hall–Kier alpha value is -3.60. The lowest BCUT2D eigenvalue weighted by molar-refractivity contribution is -0.142. The van der Waals surface area contributed by atoms with E-state index in [1.165, 1.54) is 0 Å². The first-order valence-corrected chi connectivity index (χ1v) is 10.4. The van der Waals surface area contributed by atoms with E-state index in [1.807, 2.05) is 54.6 Å². The zero-order valence-corrected chi connectivity index (χ0v) is 17.3. The fourth-order valence-corrected chi connectivity index (χ4v) is 4.27. The molecule has 0 saturated heterocycles. The molecule has 5 nitrogen and oxygen atoms in total. The minimum atomic E-state index is -0.949. The largest absolute Gasteiger partial charge is 0.481 e. The molecule has 0 heterocycles. The molecule has 4 rings (SSSR count). The van der Waals surface area contributed by atoms with Gasteiger partial charge in [0.25, 0.3) is 0 Å². The molecule has 0 aromatic heterocycles. The second kappa shape index (κ2) is 9.04. The molecular formula is C26H25NO4. The van der Waals surface area contributed by atoms with Crippen LogP contribution in [0, 0.1) is 5.92 Å². The van der Waals surface area contributed by atoms with Gasteiger partial charge in [-0.3, -0.25) is 4.79 Å². The minimum absolute atomic E-state index is 0.0342. The molecule has 0 aliphatic heterocycles. The third-order valence-corrected chi connectivity index (χ3v) is 5.91. The van der Waals surface area contributed by atoms with Crippen molar-refractivity contribution in [3.63, 3.8) is 0 Å². The number of ether oxygens (including phenoxy) is 1. The number of carboxylic acid groups (broad SMARTS) is 1. The molecule has 0 unspecified atom stereocenters. The molecule has 3 aromatic rings. The second-order valence-corrected chi connectivity index (χ2v) is 7.89. The maximum Gasteiger partial charge on any atom is 0.407 e. The topological polar surface area (TPSA) is 75.6 Å². The number of carbonyl (C=O) groups is 2. The van der Waals surface area contributed by atoms with Crippen LogP contribution in [0.15, 0.2) is 78.9 Å². The SMILES string of the molecule is C[C@@H](NC(=O)OCC1c2ccccc2-c2ccccc21)[C@H](Cc1ccccc1)C(=O)O. The first kappa shape index (κ1) is 20.7. The zero-order valence-electron chi connectivity index (χ0n) is 17.3. The number of benzene rings is 3. The summed E-state index contributed by atoms with van der Waals surface area (Å²) in [6.07, 6.45) is -0.269. The van der Waals surface area contributed by atoms with Crippen LogP contribution in [0.4, 0.5) is 4.79 Å². The summed E-state index contributed by atoms with van der Waals surface area (Å²) in [6, 6.07) is 25.1. The predicted molar refractivity (Wildman–Crippen MR) is 119 cm³/mol. The molecule has 1 aliphatic carbocycles. The van der Waals surface area contributed by atoms with Gasteiger partial charge in [0.2, 0.25) is 0 Å². The molecular weight excluding hydrogens is 390 g/mol. The van der Waals surface area contributed by atoms with Gasteiger partial charge in [-0.2, -0.15) is 0 Å². The molecule has 1 aliphatic rings. The zero-order chi connectivity index (χ0) is 21.8. The van der Waals surface area contributed by atoms with E-state index in [0.29, 0.717) is 6.42 Å². The summed E-state index contributed by atoms with van der Waals surface area (Å²) in [5, 5.41) is 12.4. The lowest BCUT2D eigenvalue weighted by Gasteiger charge is -2.22. The summed E-state index contributed by atoms with van der Waals surface area (Å²) in [4.78, 5) is 24.3. The number of carbonyl (C=O) groups excluding carboxylic acids is 1. The van der Waals surface area contributed by atoms with Gasteiger partial charge in [-0.25, -0.2) is 4.79 Å². The van der Waals surface area contributed by atoms with Crippen molar-refractivity contribution >= 4 is 12.1 Å². The van der Waals surface area contributed by atoms with Crippen LogP contribution in [0.3, 0.4) is 0 Å². The molecule has 31 heavy (non-hydrogen) atoms. The minimum Gasteiger partial charge on any atom is -0.481 e. The van der Waals surface area contributed by atoms with Crippen LogP contribution < -0.4 is 5.32 Å². The van der Waals surface area contributed by atoms with Gasteiger partial charge in [0, 0.05) is 12.0 Å². The molecule has 1 amide bonds. The Balaban J connectivity index is 1.40. The number of amides is 1. The summed E-state index contributed by atoms with van der Waals surface area (Å²) in [6.45, 7) is 1.90. The van der Waals surface area contributed by atoms with E-state index in [0.717, 1.165) is 27.8 Å². The molecule has 0 radical (unpaired) electrons. The van der Waals surface area contributed by atoms with Crippen molar-refractivity contribution in [2.45, 2.75) is 25.3 Å². The van der Waals surface area contributed by atoms with E-state index in [9.17, 15) is 14.7 Å². The maximum atomic E-state index is 12.5. The van der Waals surface area contributed by atoms with Crippen LogP contribution in [-0.2, 0) is 16.0 Å². The number of hydrogen-bond acceptors (Lipinski definition) is 3. The van der Waals surface area contributed by atoms with Crippen LogP contribution in [0.2, 0.25) is 0 Å². The highest BCUT2D eigenvalue weighted by molar-refractivity contribution is 5.79. The number of carboxylic acids is 1. The highest BCUT2D eigenvalue weighted by Crippen LogP contribution is 2.44. The van der Waals surface area contributed by atoms with Gasteiger partial charge in [-0.15, -0.1) is 0 Å². The molecule has 2 N–H and O–H groups in total. The second-order valence-electron chi connectivity index (χ2n) is 7.89. The van der Waals surface area contributed by atoms with Gasteiger partial charge < -0.3 is 15.2 Å². The fourth-order valence-electron chi connectivity index (χ4n) is 4.27.